The number of aromatic carboxylic acids is 1. The molecule has 7 nitrogen and oxygen atoms in total. The summed E-state index contributed by atoms with van der Waals surface area (Å²) >= 11 is 4.82. The summed E-state index contributed by atoms with van der Waals surface area (Å²) in [6.45, 7) is 0.352. The summed E-state index contributed by atoms with van der Waals surface area (Å²) in [5, 5.41) is 12.5. The molecule has 0 spiro atoms. The normalized spacial score (nSPS) is 11.6. The molecule has 24 heavy (non-hydrogen) atoms. The topological polar surface area (TPSA) is 94.0 Å². The molecule has 2 heterocycles. The Hall–Kier alpha value is -2.81. The first-order chi connectivity index (χ1) is 11.3. The Morgan fingerprint density at radius 3 is 2.58 bits per heavy atom. The Kier molecular flexibility index (Phi) is 4.02. The highest BCUT2D eigenvalue weighted by Crippen LogP contribution is 2.32. The highest BCUT2D eigenvalue weighted by Gasteiger charge is 2.35. The monoisotopic (exact) mass is 354 g/mol. The van der Waals surface area contributed by atoms with Gasteiger partial charge in [0.2, 0.25) is 5.82 Å². The van der Waals surface area contributed by atoms with E-state index in [4.69, 9.17) is 16.7 Å². The maximum atomic E-state index is 12.9. The number of alkyl halides is 3. The zero-order valence-corrected chi connectivity index (χ0v) is 12.6. The lowest BCUT2D eigenvalue weighted by Crippen LogP contribution is -2.03. The smallest absolute Gasteiger partial charge is 0.400 e. The zero-order chi connectivity index (χ0) is 17.3. The minimum absolute atomic E-state index is 0.0101. The Morgan fingerprint density at radius 1 is 1.33 bits per heavy atom. The molecule has 3 rings (SSSR count). The second-order valence-corrected chi connectivity index (χ2v) is 5.32. The number of aromatic nitrogens is 4. The first-order valence-electron chi connectivity index (χ1n) is 6.59. The van der Waals surface area contributed by atoms with Gasteiger partial charge in [0.05, 0.1) is 18.3 Å². The van der Waals surface area contributed by atoms with Crippen LogP contribution in [0.2, 0.25) is 0 Å². The van der Waals surface area contributed by atoms with Gasteiger partial charge in [-0.1, -0.05) is 29.4 Å². The lowest BCUT2D eigenvalue weighted by Gasteiger charge is -2.02. The predicted molar refractivity (Wildman–Crippen MR) is 77.8 cm³/mol. The van der Waals surface area contributed by atoms with Gasteiger partial charge in [-0.3, -0.25) is 4.68 Å². The van der Waals surface area contributed by atoms with Gasteiger partial charge in [0.1, 0.15) is 0 Å². The Balaban J connectivity index is 1.75. The molecule has 0 atom stereocenters. The van der Waals surface area contributed by atoms with Crippen molar-refractivity contribution in [2.45, 2.75) is 11.9 Å². The summed E-state index contributed by atoms with van der Waals surface area (Å²) in [6, 6.07) is 6.68. The molecule has 10 heteroatoms. The minimum Gasteiger partial charge on any atom is -0.478 e. The number of hydrogen-bond donors (Lipinski definition) is 1. The van der Waals surface area contributed by atoms with E-state index in [-0.39, 0.29) is 11.4 Å². The van der Waals surface area contributed by atoms with E-state index in [0.29, 0.717) is 12.1 Å². The molecule has 124 valence electrons. The predicted octanol–water partition coefficient (Wildman–Crippen LogP) is 2.97. The van der Waals surface area contributed by atoms with E-state index in [0.717, 1.165) is 5.56 Å². The summed E-state index contributed by atoms with van der Waals surface area (Å²) in [5.41, 5.74) is 1.39. The van der Waals surface area contributed by atoms with E-state index in [1.54, 1.807) is 24.3 Å². The van der Waals surface area contributed by atoms with Gasteiger partial charge in [-0.2, -0.15) is 18.9 Å². The van der Waals surface area contributed by atoms with Crippen LogP contribution < -0.4 is 0 Å². The highest BCUT2D eigenvalue weighted by molar-refractivity contribution is 6.21. The molecule has 0 amide bonds. The van der Waals surface area contributed by atoms with E-state index in [9.17, 15) is 13.6 Å². The van der Waals surface area contributed by atoms with Crippen LogP contribution in [0.3, 0.4) is 0 Å². The molecular formula is C14H9ClF2N4O3. The number of carboxylic acids is 1. The fourth-order valence-electron chi connectivity index (χ4n) is 1.96. The van der Waals surface area contributed by atoms with Crippen LogP contribution in [0.25, 0.3) is 11.4 Å². The third-order valence-corrected chi connectivity index (χ3v) is 3.27. The van der Waals surface area contributed by atoms with Gasteiger partial charge in [0.15, 0.2) is 0 Å². The van der Waals surface area contributed by atoms with Gasteiger partial charge in [-0.25, -0.2) is 4.79 Å². The largest absolute Gasteiger partial charge is 0.478 e. The third kappa shape index (κ3) is 3.40. The summed E-state index contributed by atoms with van der Waals surface area (Å²) in [4.78, 5) is 14.3. The van der Waals surface area contributed by atoms with Crippen molar-refractivity contribution in [2.24, 2.45) is 0 Å². The maximum absolute atomic E-state index is 12.9. The molecule has 0 unspecified atom stereocenters. The van der Waals surface area contributed by atoms with Crippen molar-refractivity contribution in [1.29, 1.82) is 0 Å². The molecule has 1 aromatic carbocycles. The van der Waals surface area contributed by atoms with Crippen molar-refractivity contribution in [3.8, 4) is 11.4 Å². The van der Waals surface area contributed by atoms with E-state index >= 15 is 0 Å². The van der Waals surface area contributed by atoms with Crippen molar-refractivity contribution in [1.82, 2.24) is 19.9 Å². The molecule has 2 aromatic heterocycles. The van der Waals surface area contributed by atoms with Gasteiger partial charge in [0, 0.05) is 11.8 Å². The maximum Gasteiger partial charge on any atom is 0.400 e. The minimum atomic E-state index is -3.72. The molecule has 0 aliphatic heterocycles. The van der Waals surface area contributed by atoms with Crippen molar-refractivity contribution < 1.29 is 23.2 Å². The number of carboxylic acid groups (broad SMARTS) is 1. The fourth-order valence-corrected chi connectivity index (χ4v) is 2.04. The number of rotatable bonds is 5. The second-order valence-electron chi connectivity index (χ2n) is 4.85. The number of hydrogen-bond acceptors (Lipinski definition) is 5. The summed E-state index contributed by atoms with van der Waals surface area (Å²) in [7, 11) is 0. The number of benzene rings is 1. The van der Waals surface area contributed by atoms with Crippen molar-refractivity contribution in [3.05, 3.63) is 53.7 Å². The molecule has 1 N–H and O–H groups in total. The fraction of sp³-hybridized carbons (Fsp3) is 0.143. The van der Waals surface area contributed by atoms with Crippen LogP contribution in [-0.4, -0.2) is 31.0 Å². The van der Waals surface area contributed by atoms with Gasteiger partial charge in [0.25, 0.3) is 0 Å². The summed E-state index contributed by atoms with van der Waals surface area (Å²) in [6.07, 6.45) is 2.66. The van der Waals surface area contributed by atoms with Gasteiger partial charge >= 0.3 is 17.2 Å². The molecule has 0 bridgehead atoms. The van der Waals surface area contributed by atoms with Crippen LogP contribution in [0.1, 0.15) is 21.8 Å². The van der Waals surface area contributed by atoms with E-state index < -0.39 is 17.2 Å². The number of nitrogens with zero attached hydrogens (tertiary/aromatic N) is 4. The SMILES string of the molecule is O=C(O)c1cnn(Cc2ccc(-c3noc(C(F)(F)Cl)n3)cc2)c1. The average molecular weight is 355 g/mol. The standard InChI is InChI=1S/C14H9ClF2N4O3/c15-14(16,17)13-19-11(20-24-13)9-3-1-8(2-4-9)6-21-7-10(5-18-21)12(22)23/h1-5,7H,6H2,(H,22,23). The lowest BCUT2D eigenvalue weighted by molar-refractivity contribution is 0.0550. The first-order valence-corrected chi connectivity index (χ1v) is 6.97. The summed E-state index contributed by atoms with van der Waals surface area (Å²) in [5.74, 6) is -2.04. The Morgan fingerprint density at radius 2 is 2.04 bits per heavy atom. The molecular weight excluding hydrogens is 346 g/mol. The van der Waals surface area contributed by atoms with E-state index in [1.165, 1.54) is 17.1 Å². The van der Waals surface area contributed by atoms with E-state index in [2.05, 4.69) is 19.8 Å². The van der Waals surface area contributed by atoms with Crippen LogP contribution in [0.4, 0.5) is 8.78 Å². The second kappa shape index (κ2) is 6.00. The van der Waals surface area contributed by atoms with Crippen LogP contribution in [-0.2, 0) is 11.9 Å². The molecule has 3 aromatic rings. The molecule has 0 saturated heterocycles. The Labute approximate surface area is 138 Å². The van der Waals surface area contributed by atoms with Crippen LogP contribution in [0.15, 0.2) is 41.2 Å². The summed E-state index contributed by atoms with van der Waals surface area (Å²) < 4.78 is 31.6. The number of halogens is 3. The molecule has 0 aliphatic rings. The van der Waals surface area contributed by atoms with Gasteiger partial charge < -0.3 is 9.63 Å². The van der Waals surface area contributed by atoms with Gasteiger partial charge in [-0.15, -0.1) is 0 Å². The zero-order valence-electron chi connectivity index (χ0n) is 11.9. The molecule has 0 radical (unpaired) electrons. The number of carbonyl (C=O) groups is 1. The molecule has 0 saturated carbocycles. The van der Waals surface area contributed by atoms with Crippen molar-refractivity contribution >= 4 is 17.6 Å². The molecule has 0 fully saturated rings. The van der Waals surface area contributed by atoms with Crippen molar-refractivity contribution in [3.63, 3.8) is 0 Å². The van der Waals surface area contributed by atoms with Crippen LogP contribution in [0.5, 0.6) is 0 Å². The lowest BCUT2D eigenvalue weighted by atomic mass is 10.1. The van der Waals surface area contributed by atoms with Crippen molar-refractivity contribution in [2.75, 3.05) is 0 Å². The Bertz CT molecular complexity index is 871. The highest BCUT2D eigenvalue weighted by atomic mass is 35.5. The van der Waals surface area contributed by atoms with E-state index in [1.807, 2.05) is 0 Å². The quantitative estimate of drug-likeness (QED) is 0.708. The van der Waals surface area contributed by atoms with Crippen LogP contribution >= 0.6 is 11.6 Å². The van der Waals surface area contributed by atoms with Gasteiger partial charge in [-0.05, 0) is 17.2 Å². The molecule has 0 aliphatic carbocycles. The average Bonchev–Trinajstić information content (AvgIpc) is 3.16. The third-order valence-electron chi connectivity index (χ3n) is 3.11. The van der Waals surface area contributed by atoms with Crippen LogP contribution in [0, 0.1) is 0 Å². The first kappa shape index (κ1) is 16.1.